The maximum atomic E-state index is 6.26. The summed E-state index contributed by atoms with van der Waals surface area (Å²) in [6.45, 7) is 1.99. The Hall–Kier alpha value is -1.16. The van der Waals surface area contributed by atoms with Crippen LogP contribution >= 0.6 is 39.1 Å². The van der Waals surface area contributed by atoms with Gasteiger partial charge in [0.15, 0.2) is 5.82 Å². The molecule has 3 aromatic rings. The lowest BCUT2D eigenvalue weighted by Gasteiger charge is -2.07. The number of rotatable bonds is 1. The van der Waals surface area contributed by atoms with E-state index in [9.17, 15) is 0 Å². The molecule has 1 heterocycles. The summed E-state index contributed by atoms with van der Waals surface area (Å²) in [5.41, 5.74) is 2.67. The standard InChI is InChI=1S/C15H9BrCl2N2/c1-8-2-4-10(12(17)6-8)15-19-13-5-3-9(16)7-11(13)14(18)20-15/h2-7H,1H3. The first-order valence-electron chi connectivity index (χ1n) is 5.94. The first-order chi connectivity index (χ1) is 9.54. The summed E-state index contributed by atoms with van der Waals surface area (Å²) in [4.78, 5) is 8.89. The molecule has 0 aliphatic heterocycles. The van der Waals surface area contributed by atoms with Crippen LogP contribution in [0.25, 0.3) is 22.3 Å². The number of aryl methyl sites for hydroxylation is 1. The topological polar surface area (TPSA) is 25.8 Å². The van der Waals surface area contributed by atoms with Gasteiger partial charge in [0.05, 0.1) is 10.5 Å². The monoisotopic (exact) mass is 366 g/mol. The summed E-state index contributed by atoms with van der Waals surface area (Å²) in [6.07, 6.45) is 0. The second-order valence-electron chi connectivity index (χ2n) is 4.48. The fourth-order valence-corrected chi connectivity index (χ4v) is 2.90. The second-order valence-corrected chi connectivity index (χ2v) is 6.16. The molecule has 100 valence electrons. The van der Waals surface area contributed by atoms with Crippen molar-refractivity contribution in [1.29, 1.82) is 0 Å². The zero-order chi connectivity index (χ0) is 14.3. The van der Waals surface area contributed by atoms with Crippen LogP contribution in [0.1, 0.15) is 5.56 Å². The van der Waals surface area contributed by atoms with Gasteiger partial charge in [-0.15, -0.1) is 0 Å². The Balaban J connectivity index is 2.24. The molecule has 0 radical (unpaired) electrons. The molecule has 0 N–H and O–H groups in total. The minimum Gasteiger partial charge on any atom is -0.228 e. The van der Waals surface area contributed by atoms with Crippen LogP contribution in [0.15, 0.2) is 40.9 Å². The van der Waals surface area contributed by atoms with E-state index in [1.165, 1.54) is 0 Å². The molecule has 0 aliphatic rings. The summed E-state index contributed by atoms with van der Waals surface area (Å²) < 4.78 is 0.941. The predicted molar refractivity (Wildman–Crippen MR) is 87.4 cm³/mol. The smallest absolute Gasteiger partial charge is 0.162 e. The fourth-order valence-electron chi connectivity index (χ4n) is 1.99. The number of benzene rings is 2. The van der Waals surface area contributed by atoms with Crippen molar-refractivity contribution < 1.29 is 0 Å². The minimum atomic E-state index is 0.419. The molecule has 0 aliphatic carbocycles. The van der Waals surface area contributed by atoms with E-state index in [0.29, 0.717) is 16.0 Å². The largest absolute Gasteiger partial charge is 0.228 e. The molecule has 20 heavy (non-hydrogen) atoms. The number of aromatic nitrogens is 2. The van der Waals surface area contributed by atoms with Gasteiger partial charge in [0, 0.05) is 15.4 Å². The van der Waals surface area contributed by atoms with E-state index in [2.05, 4.69) is 25.9 Å². The SMILES string of the molecule is Cc1ccc(-c2nc(Cl)c3cc(Br)ccc3n2)c(Cl)c1. The van der Waals surface area contributed by atoms with Crippen molar-refractivity contribution >= 4 is 50.0 Å². The van der Waals surface area contributed by atoms with Crippen LogP contribution < -0.4 is 0 Å². The molecule has 0 spiro atoms. The molecule has 2 aromatic carbocycles. The Morgan fingerprint density at radius 2 is 1.80 bits per heavy atom. The lowest BCUT2D eigenvalue weighted by atomic mass is 10.1. The predicted octanol–water partition coefficient (Wildman–Crippen LogP) is 5.67. The van der Waals surface area contributed by atoms with Gasteiger partial charge >= 0.3 is 0 Å². The molecule has 0 fully saturated rings. The first-order valence-corrected chi connectivity index (χ1v) is 7.49. The number of hydrogen-bond donors (Lipinski definition) is 0. The molecule has 0 saturated heterocycles. The Morgan fingerprint density at radius 3 is 2.55 bits per heavy atom. The van der Waals surface area contributed by atoms with Crippen LogP contribution in [0, 0.1) is 6.92 Å². The van der Waals surface area contributed by atoms with Crippen molar-refractivity contribution in [1.82, 2.24) is 9.97 Å². The third-order valence-corrected chi connectivity index (χ3v) is 4.07. The van der Waals surface area contributed by atoms with Gasteiger partial charge in [-0.25, -0.2) is 9.97 Å². The van der Waals surface area contributed by atoms with Crippen molar-refractivity contribution in [2.75, 3.05) is 0 Å². The molecule has 5 heteroatoms. The number of nitrogens with zero attached hydrogens (tertiary/aromatic N) is 2. The Morgan fingerprint density at radius 1 is 1.00 bits per heavy atom. The molecule has 0 amide bonds. The average molecular weight is 368 g/mol. The maximum absolute atomic E-state index is 6.26. The third kappa shape index (κ3) is 2.53. The fraction of sp³-hybridized carbons (Fsp3) is 0.0667. The van der Waals surface area contributed by atoms with Crippen molar-refractivity contribution in [3.63, 3.8) is 0 Å². The molecule has 1 aromatic heterocycles. The van der Waals surface area contributed by atoms with Crippen LogP contribution in [0.4, 0.5) is 0 Å². The van der Waals surface area contributed by atoms with Crippen molar-refractivity contribution in [2.24, 2.45) is 0 Å². The molecular formula is C15H9BrCl2N2. The molecule has 2 nitrogen and oxygen atoms in total. The maximum Gasteiger partial charge on any atom is 0.162 e. The molecule has 0 saturated carbocycles. The number of fused-ring (bicyclic) bond motifs is 1. The highest BCUT2D eigenvalue weighted by molar-refractivity contribution is 9.10. The van der Waals surface area contributed by atoms with Crippen molar-refractivity contribution in [3.05, 3.63) is 56.6 Å². The Kier molecular flexibility index (Phi) is 3.67. The summed E-state index contributed by atoms with van der Waals surface area (Å²) in [6, 6.07) is 11.5. The van der Waals surface area contributed by atoms with E-state index < -0.39 is 0 Å². The number of hydrogen-bond acceptors (Lipinski definition) is 2. The van der Waals surface area contributed by atoms with Gasteiger partial charge in [0.1, 0.15) is 5.15 Å². The zero-order valence-corrected chi connectivity index (χ0v) is 13.6. The summed E-state index contributed by atoms with van der Waals surface area (Å²) in [5.74, 6) is 0.537. The highest BCUT2D eigenvalue weighted by Gasteiger charge is 2.11. The zero-order valence-electron chi connectivity index (χ0n) is 10.5. The Labute approximate surface area is 134 Å². The van der Waals surface area contributed by atoms with Gasteiger partial charge in [-0.2, -0.15) is 0 Å². The summed E-state index contributed by atoms with van der Waals surface area (Å²) >= 11 is 15.9. The van der Waals surface area contributed by atoms with Gasteiger partial charge in [0.25, 0.3) is 0 Å². The van der Waals surface area contributed by atoms with Crippen LogP contribution in [0.5, 0.6) is 0 Å². The second kappa shape index (κ2) is 5.32. The summed E-state index contributed by atoms with van der Waals surface area (Å²) in [5, 5.41) is 1.86. The van der Waals surface area contributed by atoms with E-state index in [0.717, 1.165) is 26.5 Å². The summed E-state index contributed by atoms with van der Waals surface area (Å²) in [7, 11) is 0. The lowest BCUT2D eigenvalue weighted by molar-refractivity contribution is 1.22. The average Bonchev–Trinajstić information content (AvgIpc) is 2.39. The van der Waals surface area contributed by atoms with Crippen molar-refractivity contribution in [3.8, 4) is 11.4 Å². The van der Waals surface area contributed by atoms with Gasteiger partial charge in [0.2, 0.25) is 0 Å². The highest BCUT2D eigenvalue weighted by atomic mass is 79.9. The molecular weight excluding hydrogens is 359 g/mol. The van der Waals surface area contributed by atoms with Gasteiger partial charge in [-0.3, -0.25) is 0 Å². The van der Waals surface area contributed by atoms with Gasteiger partial charge < -0.3 is 0 Å². The van der Waals surface area contributed by atoms with E-state index in [4.69, 9.17) is 23.2 Å². The van der Waals surface area contributed by atoms with Crippen LogP contribution in [0.2, 0.25) is 10.2 Å². The van der Waals surface area contributed by atoms with E-state index in [1.54, 1.807) is 0 Å². The van der Waals surface area contributed by atoms with Crippen LogP contribution in [0.3, 0.4) is 0 Å². The van der Waals surface area contributed by atoms with Gasteiger partial charge in [-0.1, -0.05) is 45.2 Å². The highest BCUT2D eigenvalue weighted by Crippen LogP contribution is 2.30. The van der Waals surface area contributed by atoms with Crippen LogP contribution in [-0.4, -0.2) is 9.97 Å². The lowest BCUT2D eigenvalue weighted by Crippen LogP contribution is -1.93. The number of halogens is 3. The molecule has 3 rings (SSSR count). The molecule has 0 unspecified atom stereocenters. The minimum absolute atomic E-state index is 0.419. The van der Waals surface area contributed by atoms with Gasteiger partial charge in [-0.05, 0) is 42.8 Å². The van der Waals surface area contributed by atoms with Crippen LogP contribution in [-0.2, 0) is 0 Å². The molecule has 0 bridgehead atoms. The third-order valence-electron chi connectivity index (χ3n) is 2.98. The Bertz CT molecular complexity index is 818. The first kappa shape index (κ1) is 13.8. The molecule has 0 atom stereocenters. The van der Waals surface area contributed by atoms with E-state index in [-0.39, 0.29) is 0 Å². The van der Waals surface area contributed by atoms with E-state index >= 15 is 0 Å². The quantitative estimate of drug-likeness (QED) is 0.517. The van der Waals surface area contributed by atoms with Crippen molar-refractivity contribution in [2.45, 2.75) is 6.92 Å². The normalized spacial score (nSPS) is 11.0. The van der Waals surface area contributed by atoms with E-state index in [1.807, 2.05) is 43.3 Å².